The van der Waals surface area contributed by atoms with Gasteiger partial charge in [-0.05, 0) is 76.2 Å². The molecule has 3 aromatic rings. The fourth-order valence-corrected chi connectivity index (χ4v) is 4.14. The Hall–Kier alpha value is -2.71. The van der Waals surface area contributed by atoms with Crippen LogP contribution in [0.25, 0.3) is 6.08 Å². The molecule has 0 radical (unpaired) electrons. The summed E-state index contributed by atoms with van der Waals surface area (Å²) >= 11 is 5.61. The van der Waals surface area contributed by atoms with Gasteiger partial charge in [0.05, 0.1) is 11.6 Å². The van der Waals surface area contributed by atoms with Crippen LogP contribution in [0.2, 0.25) is 0 Å². The van der Waals surface area contributed by atoms with Crippen molar-refractivity contribution in [3.63, 3.8) is 0 Å². The average molecular weight is 586 g/mol. The van der Waals surface area contributed by atoms with E-state index in [4.69, 9.17) is 0 Å². The first-order chi connectivity index (χ1) is 15.0. The number of carbonyl (C=O) groups excluding carboxylic acids is 2. The van der Waals surface area contributed by atoms with Crippen molar-refractivity contribution in [3.05, 3.63) is 115 Å². The number of aliphatic hydroxyl groups is 1. The number of halogens is 2. The van der Waals surface area contributed by atoms with Gasteiger partial charge in [0.15, 0.2) is 11.5 Å². The van der Waals surface area contributed by atoms with E-state index in [1.54, 1.807) is 6.08 Å². The molecule has 0 aromatic heterocycles. The molecule has 0 fully saturated rings. The molecule has 1 amide bonds. The lowest BCUT2D eigenvalue weighted by atomic mass is 9.95. The second-order valence-corrected chi connectivity index (χ2v) is 9.14. The van der Waals surface area contributed by atoms with Gasteiger partial charge in [0.25, 0.3) is 5.91 Å². The highest BCUT2D eigenvalue weighted by molar-refractivity contribution is 14.1. The molecule has 0 saturated carbocycles. The summed E-state index contributed by atoms with van der Waals surface area (Å²) in [6.07, 6.45) is 3.08. The summed E-state index contributed by atoms with van der Waals surface area (Å²) in [5.41, 5.74) is 2.27. The summed E-state index contributed by atoms with van der Waals surface area (Å²) in [7, 11) is 0. The summed E-state index contributed by atoms with van der Waals surface area (Å²) in [6.45, 7) is 0. The van der Waals surface area contributed by atoms with Crippen LogP contribution >= 0.6 is 38.5 Å². The predicted molar refractivity (Wildman–Crippen MR) is 134 cm³/mol. The molecule has 0 bridgehead atoms. The number of carbonyl (C=O) groups is 2. The fourth-order valence-electron chi connectivity index (χ4n) is 3.51. The zero-order valence-electron chi connectivity index (χ0n) is 16.2. The molecule has 4 nitrogen and oxygen atoms in total. The Morgan fingerprint density at radius 3 is 2.26 bits per heavy atom. The number of anilines is 1. The fraction of sp³-hybridized carbons (Fsp3) is 0.0400. The van der Waals surface area contributed by atoms with Gasteiger partial charge in [-0.15, -0.1) is 0 Å². The number of hydrogen-bond donors (Lipinski definition) is 1. The van der Waals surface area contributed by atoms with Crippen molar-refractivity contribution in [2.24, 2.45) is 0 Å². The summed E-state index contributed by atoms with van der Waals surface area (Å²) in [6, 6.07) is 23.4. The van der Waals surface area contributed by atoms with Crippen molar-refractivity contribution < 1.29 is 14.7 Å². The van der Waals surface area contributed by atoms with Gasteiger partial charge in [-0.3, -0.25) is 14.5 Å². The molecule has 6 heteroatoms. The second kappa shape index (κ2) is 9.20. The van der Waals surface area contributed by atoms with E-state index in [0.29, 0.717) is 5.69 Å². The van der Waals surface area contributed by atoms with Gasteiger partial charge in [0.1, 0.15) is 0 Å². The van der Waals surface area contributed by atoms with Crippen molar-refractivity contribution >= 4 is 62.0 Å². The van der Waals surface area contributed by atoms with Crippen molar-refractivity contribution in [2.75, 3.05) is 4.90 Å². The third kappa shape index (κ3) is 4.50. The minimum Gasteiger partial charge on any atom is -0.503 e. The number of benzene rings is 3. The molecule has 1 aliphatic rings. The maximum atomic E-state index is 13.2. The van der Waals surface area contributed by atoms with E-state index in [2.05, 4.69) is 38.5 Å². The van der Waals surface area contributed by atoms with E-state index in [1.807, 2.05) is 78.9 Å². The highest BCUT2D eigenvalue weighted by atomic mass is 127. The van der Waals surface area contributed by atoms with Crippen molar-refractivity contribution in [1.29, 1.82) is 0 Å². The summed E-state index contributed by atoms with van der Waals surface area (Å²) < 4.78 is 1.90. The minimum absolute atomic E-state index is 0.0676. The molecule has 0 saturated heterocycles. The second-order valence-electron chi connectivity index (χ2n) is 6.98. The van der Waals surface area contributed by atoms with Crippen LogP contribution in [0.5, 0.6) is 0 Å². The van der Waals surface area contributed by atoms with E-state index in [-0.39, 0.29) is 5.57 Å². The summed E-state index contributed by atoms with van der Waals surface area (Å²) in [5, 5.41) is 10.7. The van der Waals surface area contributed by atoms with E-state index < -0.39 is 23.5 Å². The van der Waals surface area contributed by atoms with E-state index in [1.165, 1.54) is 11.0 Å². The lowest BCUT2D eigenvalue weighted by molar-refractivity contribution is -0.117. The smallest absolute Gasteiger partial charge is 0.294 e. The first kappa shape index (κ1) is 21.5. The maximum Gasteiger partial charge on any atom is 0.294 e. The number of aliphatic hydroxyl groups excluding tert-OH is 1. The van der Waals surface area contributed by atoms with Crippen molar-refractivity contribution in [2.45, 2.75) is 6.04 Å². The highest BCUT2D eigenvalue weighted by Crippen LogP contribution is 2.41. The molecule has 1 aliphatic heterocycles. The van der Waals surface area contributed by atoms with Crippen LogP contribution in [0, 0.1) is 3.57 Å². The molecule has 3 aromatic carbocycles. The van der Waals surface area contributed by atoms with E-state index in [0.717, 1.165) is 19.2 Å². The first-order valence-corrected chi connectivity index (χ1v) is 11.4. The monoisotopic (exact) mass is 585 g/mol. The highest BCUT2D eigenvalue weighted by Gasteiger charge is 2.43. The van der Waals surface area contributed by atoms with Crippen LogP contribution in [-0.4, -0.2) is 16.8 Å². The van der Waals surface area contributed by atoms with Crippen LogP contribution in [0.15, 0.2) is 101 Å². The third-order valence-corrected chi connectivity index (χ3v) is 6.24. The molecule has 0 aliphatic carbocycles. The largest absolute Gasteiger partial charge is 0.503 e. The zero-order chi connectivity index (χ0) is 22.0. The minimum atomic E-state index is -0.728. The number of ketones is 1. The molecule has 4 rings (SSSR count). The Morgan fingerprint density at radius 1 is 0.968 bits per heavy atom. The Kier molecular flexibility index (Phi) is 6.38. The molecule has 1 atom stereocenters. The lowest BCUT2D eigenvalue weighted by Crippen LogP contribution is -2.30. The Labute approximate surface area is 202 Å². The molecular weight excluding hydrogens is 569 g/mol. The Morgan fingerprint density at radius 2 is 1.61 bits per heavy atom. The predicted octanol–water partition coefficient (Wildman–Crippen LogP) is 6.24. The quantitative estimate of drug-likeness (QED) is 0.285. The van der Waals surface area contributed by atoms with Crippen LogP contribution in [-0.2, 0) is 9.59 Å². The van der Waals surface area contributed by atoms with Gasteiger partial charge in [-0.2, -0.15) is 0 Å². The molecule has 1 heterocycles. The number of rotatable bonds is 5. The summed E-state index contributed by atoms with van der Waals surface area (Å²) in [5.74, 6) is -1.52. The molecule has 1 N–H and O–H groups in total. The van der Waals surface area contributed by atoms with Gasteiger partial charge < -0.3 is 5.11 Å². The Balaban J connectivity index is 1.78. The van der Waals surface area contributed by atoms with Gasteiger partial charge in [0, 0.05) is 13.7 Å². The number of hydrogen-bond acceptors (Lipinski definition) is 3. The molecule has 31 heavy (non-hydrogen) atoms. The first-order valence-electron chi connectivity index (χ1n) is 9.51. The Bertz CT molecular complexity index is 1190. The van der Waals surface area contributed by atoms with E-state index in [9.17, 15) is 14.7 Å². The van der Waals surface area contributed by atoms with Gasteiger partial charge in [0.2, 0.25) is 0 Å². The van der Waals surface area contributed by atoms with Crippen LogP contribution in [0.3, 0.4) is 0 Å². The molecule has 0 spiro atoms. The normalized spacial score (nSPS) is 16.4. The van der Waals surface area contributed by atoms with Crippen molar-refractivity contribution in [3.8, 4) is 0 Å². The molecular formula is C25H17BrINO3. The summed E-state index contributed by atoms with van der Waals surface area (Å²) in [4.78, 5) is 27.7. The SMILES string of the molecule is O=C(/C=C/c1ccccc1)C1=C(O)C(=O)N(c2ccc(I)cc2)[C@@H]1c1ccc(Br)cc1. The maximum absolute atomic E-state index is 13.2. The number of amides is 1. The lowest BCUT2D eigenvalue weighted by Gasteiger charge is -2.26. The zero-order valence-corrected chi connectivity index (χ0v) is 19.9. The number of nitrogens with zero attached hydrogens (tertiary/aromatic N) is 1. The van der Waals surface area contributed by atoms with Crippen LogP contribution < -0.4 is 4.90 Å². The third-order valence-electron chi connectivity index (χ3n) is 4.99. The topological polar surface area (TPSA) is 57.6 Å². The van der Waals surface area contributed by atoms with E-state index >= 15 is 0 Å². The molecule has 0 unspecified atom stereocenters. The molecule has 154 valence electrons. The van der Waals surface area contributed by atoms with Crippen molar-refractivity contribution in [1.82, 2.24) is 0 Å². The van der Waals surface area contributed by atoms with Gasteiger partial charge in [-0.1, -0.05) is 64.5 Å². The van der Waals surface area contributed by atoms with Crippen LogP contribution in [0.4, 0.5) is 5.69 Å². The van der Waals surface area contributed by atoms with Crippen LogP contribution in [0.1, 0.15) is 17.2 Å². The standard InChI is InChI=1S/C25H17BrINO3/c26-18-9-7-17(8-10-18)23-22(21(29)15-6-16-4-2-1-3-5-16)24(30)25(31)28(23)20-13-11-19(27)12-14-20/h1-15,23,30H/b15-6+/t23-/m1/s1. The average Bonchev–Trinajstić information content (AvgIpc) is 3.05. The van der Waals surface area contributed by atoms with Gasteiger partial charge >= 0.3 is 0 Å². The number of allylic oxidation sites excluding steroid dienone is 1. The van der Waals surface area contributed by atoms with Gasteiger partial charge in [-0.25, -0.2) is 0 Å².